The van der Waals surface area contributed by atoms with Crippen molar-refractivity contribution in [2.75, 3.05) is 13.1 Å². The molecule has 0 radical (unpaired) electrons. The Morgan fingerprint density at radius 1 is 1.67 bits per heavy atom. The summed E-state index contributed by atoms with van der Waals surface area (Å²) < 4.78 is 5.58. The second-order valence-electron chi connectivity index (χ2n) is 4.21. The highest BCUT2D eigenvalue weighted by Gasteiger charge is 2.18. The van der Waals surface area contributed by atoms with E-state index in [9.17, 15) is 0 Å². The topological polar surface area (TPSA) is 55.3 Å². The quantitative estimate of drug-likeness (QED) is 0.811. The molecular weight excluding hydrogens is 190 g/mol. The van der Waals surface area contributed by atoms with Gasteiger partial charge >= 0.3 is 0 Å². The summed E-state index contributed by atoms with van der Waals surface area (Å²) >= 11 is 0. The number of rotatable bonds is 3. The molecule has 1 atom stereocenters. The number of oxazole rings is 1. The van der Waals surface area contributed by atoms with Crippen LogP contribution in [0.15, 0.2) is 10.6 Å². The molecular formula is C11H19N3O. The minimum Gasteiger partial charge on any atom is -0.444 e. The van der Waals surface area contributed by atoms with E-state index >= 15 is 0 Å². The normalized spacial score (nSPS) is 23.2. The molecule has 0 aromatic carbocycles. The average Bonchev–Trinajstić information content (AvgIpc) is 2.65. The molecule has 2 rings (SSSR count). The first-order valence-corrected chi connectivity index (χ1v) is 5.69. The summed E-state index contributed by atoms with van der Waals surface area (Å²) in [5.74, 6) is 1.78. The standard InChI is InChI=1S/C11H19N3O/c1-2-10-6-13-11(15-10)8-14-5-3-4-9(12)7-14/h6,9H,2-5,7-8,12H2,1H3. The molecule has 0 saturated carbocycles. The fourth-order valence-corrected chi connectivity index (χ4v) is 2.01. The molecule has 15 heavy (non-hydrogen) atoms. The van der Waals surface area contributed by atoms with Crippen LogP contribution in [-0.4, -0.2) is 29.0 Å². The highest BCUT2D eigenvalue weighted by molar-refractivity contribution is 4.94. The molecule has 4 nitrogen and oxygen atoms in total. The molecule has 1 aromatic heterocycles. The van der Waals surface area contributed by atoms with Crippen molar-refractivity contribution in [1.29, 1.82) is 0 Å². The van der Waals surface area contributed by atoms with Crippen molar-refractivity contribution >= 4 is 0 Å². The van der Waals surface area contributed by atoms with Crippen LogP contribution < -0.4 is 5.73 Å². The second-order valence-corrected chi connectivity index (χ2v) is 4.21. The fraction of sp³-hybridized carbons (Fsp3) is 0.727. The number of aryl methyl sites for hydroxylation is 1. The van der Waals surface area contributed by atoms with Gasteiger partial charge in [-0.25, -0.2) is 4.98 Å². The lowest BCUT2D eigenvalue weighted by Crippen LogP contribution is -2.42. The third-order valence-corrected chi connectivity index (χ3v) is 2.85. The zero-order valence-electron chi connectivity index (χ0n) is 9.28. The van der Waals surface area contributed by atoms with Crippen LogP contribution in [0.3, 0.4) is 0 Å². The highest BCUT2D eigenvalue weighted by atomic mass is 16.4. The summed E-state index contributed by atoms with van der Waals surface area (Å²) in [4.78, 5) is 6.58. The third-order valence-electron chi connectivity index (χ3n) is 2.85. The van der Waals surface area contributed by atoms with E-state index in [1.807, 2.05) is 6.20 Å². The van der Waals surface area contributed by atoms with Gasteiger partial charge in [0.2, 0.25) is 5.89 Å². The lowest BCUT2D eigenvalue weighted by Gasteiger charge is -2.29. The van der Waals surface area contributed by atoms with Gasteiger partial charge in [0.15, 0.2) is 0 Å². The summed E-state index contributed by atoms with van der Waals surface area (Å²) in [6.07, 6.45) is 5.05. The van der Waals surface area contributed by atoms with Crippen molar-refractivity contribution in [2.24, 2.45) is 5.73 Å². The summed E-state index contributed by atoms with van der Waals surface area (Å²) in [5, 5.41) is 0. The highest BCUT2D eigenvalue weighted by Crippen LogP contribution is 2.12. The van der Waals surface area contributed by atoms with Crippen LogP contribution in [0.1, 0.15) is 31.4 Å². The predicted molar refractivity (Wildman–Crippen MR) is 58.4 cm³/mol. The van der Waals surface area contributed by atoms with Crippen molar-refractivity contribution < 1.29 is 4.42 Å². The lowest BCUT2D eigenvalue weighted by atomic mass is 10.1. The minimum atomic E-state index is 0.319. The molecule has 1 aliphatic heterocycles. The van der Waals surface area contributed by atoms with Gasteiger partial charge in [-0.15, -0.1) is 0 Å². The van der Waals surface area contributed by atoms with E-state index in [4.69, 9.17) is 10.2 Å². The number of piperidine rings is 1. The van der Waals surface area contributed by atoms with Crippen LogP contribution in [0, 0.1) is 0 Å². The minimum absolute atomic E-state index is 0.319. The van der Waals surface area contributed by atoms with Crippen molar-refractivity contribution in [2.45, 2.75) is 38.8 Å². The van der Waals surface area contributed by atoms with E-state index in [-0.39, 0.29) is 0 Å². The van der Waals surface area contributed by atoms with E-state index in [1.165, 1.54) is 6.42 Å². The van der Waals surface area contributed by atoms with Crippen LogP contribution in [0.5, 0.6) is 0 Å². The average molecular weight is 209 g/mol. The molecule has 0 amide bonds. The maximum absolute atomic E-state index is 5.92. The number of likely N-dealkylation sites (tertiary alicyclic amines) is 1. The Labute approximate surface area is 90.5 Å². The summed E-state index contributed by atoms with van der Waals surface area (Å²) in [6.45, 7) is 4.94. The van der Waals surface area contributed by atoms with E-state index in [1.54, 1.807) is 0 Å². The van der Waals surface area contributed by atoms with Crippen LogP contribution in [-0.2, 0) is 13.0 Å². The monoisotopic (exact) mass is 209 g/mol. The van der Waals surface area contributed by atoms with Gasteiger partial charge < -0.3 is 10.2 Å². The van der Waals surface area contributed by atoms with Crippen molar-refractivity contribution in [1.82, 2.24) is 9.88 Å². The molecule has 0 bridgehead atoms. The number of hydrogen-bond acceptors (Lipinski definition) is 4. The summed E-state index contributed by atoms with van der Waals surface area (Å²) in [7, 11) is 0. The van der Waals surface area contributed by atoms with Crippen molar-refractivity contribution in [3.63, 3.8) is 0 Å². The van der Waals surface area contributed by atoms with Crippen LogP contribution in [0.4, 0.5) is 0 Å². The molecule has 1 fully saturated rings. The molecule has 84 valence electrons. The molecule has 4 heteroatoms. The van der Waals surface area contributed by atoms with Gasteiger partial charge in [-0.05, 0) is 19.4 Å². The number of aromatic nitrogens is 1. The van der Waals surface area contributed by atoms with Crippen molar-refractivity contribution in [3.8, 4) is 0 Å². The first-order chi connectivity index (χ1) is 7.28. The van der Waals surface area contributed by atoms with Gasteiger partial charge in [-0.3, -0.25) is 4.90 Å². The van der Waals surface area contributed by atoms with E-state index in [2.05, 4.69) is 16.8 Å². The van der Waals surface area contributed by atoms with Crippen LogP contribution in [0.25, 0.3) is 0 Å². The van der Waals surface area contributed by atoms with Gasteiger partial charge in [0.05, 0.1) is 12.7 Å². The Hall–Kier alpha value is -0.870. The molecule has 0 aliphatic carbocycles. The summed E-state index contributed by atoms with van der Waals surface area (Å²) in [6, 6.07) is 0.319. The maximum Gasteiger partial charge on any atom is 0.208 e. The zero-order chi connectivity index (χ0) is 10.7. The maximum atomic E-state index is 5.92. The SMILES string of the molecule is CCc1cnc(CN2CCCC(N)C2)o1. The molecule has 1 saturated heterocycles. The van der Waals surface area contributed by atoms with E-state index in [0.29, 0.717) is 6.04 Å². The summed E-state index contributed by atoms with van der Waals surface area (Å²) in [5.41, 5.74) is 5.92. The lowest BCUT2D eigenvalue weighted by molar-refractivity contribution is 0.183. The van der Waals surface area contributed by atoms with Crippen molar-refractivity contribution in [3.05, 3.63) is 17.8 Å². The Morgan fingerprint density at radius 2 is 2.53 bits per heavy atom. The second kappa shape index (κ2) is 4.77. The number of nitrogens with two attached hydrogens (primary N) is 1. The van der Waals surface area contributed by atoms with Crippen LogP contribution in [0.2, 0.25) is 0 Å². The largest absolute Gasteiger partial charge is 0.444 e. The molecule has 1 unspecified atom stereocenters. The Kier molecular flexibility index (Phi) is 3.38. The number of nitrogens with zero attached hydrogens (tertiary/aromatic N) is 2. The Balaban J connectivity index is 1.90. The van der Waals surface area contributed by atoms with E-state index < -0.39 is 0 Å². The Bertz CT molecular complexity index is 311. The zero-order valence-corrected chi connectivity index (χ0v) is 9.28. The van der Waals surface area contributed by atoms with Gasteiger partial charge in [-0.1, -0.05) is 6.92 Å². The molecule has 0 spiro atoms. The van der Waals surface area contributed by atoms with Gasteiger partial charge in [0, 0.05) is 19.0 Å². The molecule has 1 aliphatic rings. The molecule has 2 N–H and O–H groups in total. The predicted octanol–water partition coefficient (Wildman–Crippen LogP) is 1.16. The number of hydrogen-bond donors (Lipinski definition) is 1. The van der Waals surface area contributed by atoms with Gasteiger partial charge in [0.1, 0.15) is 5.76 Å². The molecule has 2 heterocycles. The first-order valence-electron chi connectivity index (χ1n) is 5.69. The first kappa shape index (κ1) is 10.6. The fourth-order valence-electron chi connectivity index (χ4n) is 2.01. The van der Waals surface area contributed by atoms with Crippen LogP contribution >= 0.6 is 0 Å². The molecule has 1 aromatic rings. The Morgan fingerprint density at radius 3 is 3.20 bits per heavy atom. The van der Waals surface area contributed by atoms with E-state index in [0.717, 1.165) is 44.1 Å². The smallest absolute Gasteiger partial charge is 0.208 e. The third kappa shape index (κ3) is 2.79. The van der Waals surface area contributed by atoms with Gasteiger partial charge in [-0.2, -0.15) is 0 Å². The van der Waals surface area contributed by atoms with Gasteiger partial charge in [0.25, 0.3) is 0 Å².